The van der Waals surface area contributed by atoms with Gasteiger partial charge < -0.3 is 20.4 Å². The van der Waals surface area contributed by atoms with E-state index in [4.69, 9.17) is 4.74 Å². The smallest absolute Gasteiger partial charge is 0.410 e. The number of carbonyl (C=O) groups excluding carboxylic acids is 2. The molecule has 2 aliphatic rings. The van der Waals surface area contributed by atoms with Gasteiger partial charge in [-0.1, -0.05) is 0 Å². The number of cyclic esters (lactones) is 1. The Kier molecular flexibility index (Phi) is 4.87. The predicted octanol–water partition coefficient (Wildman–Crippen LogP) is -0.431. The molecule has 0 aromatic heterocycles. The molecule has 1 saturated heterocycles. The Morgan fingerprint density at radius 2 is 2.33 bits per heavy atom. The van der Waals surface area contributed by atoms with Crippen LogP contribution >= 0.6 is 0 Å². The summed E-state index contributed by atoms with van der Waals surface area (Å²) in [5, 5.41) is 6.72. The molecular formula is C13H23N5O3. The Hall–Kier alpha value is -1.99. The summed E-state index contributed by atoms with van der Waals surface area (Å²) in [7, 11) is 0. The van der Waals surface area contributed by atoms with Gasteiger partial charge in [-0.2, -0.15) is 5.10 Å². The lowest BCUT2D eigenvalue weighted by Gasteiger charge is -2.36. The molecule has 2 amide bonds. The molecule has 1 unspecified atom stereocenters. The quantitative estimate of drug-likeness (QED) is 0.719. The Balaban J connectivity index is 1.91. The largest absolute Gasteiger partial charge is 0.442 e. The molecule has 118 valence electrons. The first kappa shape index (κ1) is 15.4. The minimum atomic E-state index is -0.322. The Morgan fingerprint density at radius 3 is 2.95 bits per heavy atom. The molecule has 0 aromatic rings. The van der Waals surface area contributed by atoms with Crippen molar-refractivity contribution in [2.75, 3.05) is 26.2 Å². The van der Waals surface area contributed by atoms with E-state index < -0.39 is 0 Å². The van der Waals surface area contributed by atoms with E-state index in [0.717, 1.165) is 13.1 Å². The Bertz CT molecular complexity index is 428. The molecule has 2 heterocycles. The van der Waals surface area contributed by atoms with E-state index in [2.05, 4.69) is 27.7 Å². The number of hydrazone groups is 1. The van der Waals surface area contributed by atoms with Crippen molar-refractivity contribution in [3.63, 3.8) is 0 Å². The van der Waals surface area contributed by atoms with Crippen LogP contribution in [0.4, 0.5) is 4.79 Å². The average molecular weight is 297 g/mol. The van der Waals surface area contributed by atoms with E-state index in [9.17, 15) is 9.59 Å². The van der Waals surface area contributed by atoms with Crippen LogP contribution in [-0.4, -0.2) is 72.5 Å². The highest BCUT2D eigenvalue weighted by Gasteiger charge is 2.37. The highest BCUT2D eigenvalue weighted by molar-refractivity contribution is 5.73. The summed E-state index contributed by atoms with van der Waals surface area (Å²) in [6.07, 6.45) is 1.16. The van der Waals surface area contributed by atoms with Gasteiger partial charge in [-0.25, -0.2) is 4.79 Å². The van der Waals surface area contributed by atoms with Gasteiger partial charge in [-0.05, 0) is 13.8 Å². The summed E-state index contributed by atoms with van der Waals surface area (Å²) in [6, 6.07) is 0.146. The van der Waals surface area contributed by atoms with Gasteiger partial charge in [-0.3, -0.25) is 9.69 Å². The summed E-state index contributed by atoms with van der Waals surface area (Å²) in [4.78, 5) is 26.7. The molecule has 2 aliphatic heterocycles. The normalized spacial score (nSPS) is 24.3. The van der Waals surface area contributed by atoms with Gasteiger partial charge in [0.2, 0.25) is 5.91 Å². The van der Waals surface area contributed by atoms with Crippen molar-refractivity contribution in [1.82, 2.24) is 20.5 Å². The van der Waals surface area contributed by atoms with Crippen LogP contribution in [0.1, 0.15) is 20.8 Å². The molecule has 8 nitrogen and oxygen atoms in total. The number of rotatable bonds is 5. The van der Waals surface area contributed by atoms with Crippen LogP contribution in [0, 0.1) is 0 Å². The third-order valence-corrected chi connectivity index (χ3v) is 3.97. The maximum atomic E-state index is 12.0. The zero-order valence-corrected chi connectivity index (χ0v) is 12.7. The Labute approximate surface area is 124 Å². The average Bonchev–Trinajstić information content (AvgIpc) is 2.85. The highest BCUT2D eigenvalue weighted by Crippen LogP contribution is 2.18. The second-order valence-electron chi connectivity index (χ2n) is 5.47. The van der Waals surface area contributed by atoms with Crippen LogP contribution in [0.5, 0.6) is 0 Å². The monoisotopic (exact) mass is 297 g/mol. The molecule has 8 heteroatoms. The fourth-order valence-electron chi connectivity index (χ4n) is 2.50. The van der Waals surface area contributed by atoms with Crippen molar-refractivity contribution >= 4 is 18.3 Å². The first-order valence-electron chi connectivity index (χ1n) is 7.22. The minimum absolute atomic E-state index is 0.00405. The van der Waals surface area contributed by atoms with Crippen molar-refractivity contribution in [3.8, 4) is 0 Å². The van der Waals surface area contributed by atoms with Crippen molar-refractivity contribution in [3.05, 3.63) is 0 Å². The minimum Gasteiger partial charge on any atom is -0.442 e. The van der Waals surface area contributed by atoms with Gasteiger partial charge in [0, 0.05) is 19.5 Å². The standard InChI is InChI=1S/C13H23N5O3/c1-9(17-5-4-15-16-8-17)10(2)18-7-12(21-13(18)20)6-14-11(3)19/h8-10,12,15H,4-7H2,1-3H3,(H,14,19)/t9-,10?,12+/m1/s1. The number of nitrogens with zero attached hydrogens (tertiary/aromatic N) is 3. The number of carbonyl (C=O) groups is 2. The third-order valence-electron chi connectivity index (χ3n) is 3.97. The number of nitrogens with one attached hydrogen (secondary N) is 2. The first-order valence-corrected chi connectivity index (χ1v) is 7.22. The summed E-state index contributed by atoms with van der Waals surface area (Å²) in [6.45, 7) is 8.01. The second kappa shape index (κ2) is 6.64. The predicted molar refractivity (Wildman–Crippen MR) is 77.8 cm³/mol. The van der Waals surface area contributed by atoms with Gasteiger partial charge in [0.1, 0.15) is 12.4 Å². The Morgan fingerprint density at radius 1 is 1.57 bits per heavy atom. The molecule has 0 aliphatic carbocycles. The van der Waals surface area contributed by atoms with E-state index in [1.54, 1.807) is 11.2 Å². The van der Waals surface area contributed by atoms with Crippen molar-refractivity contribution < 1.29 is 14.3 Å². The summed E-state index contributed by atoms with van der Waals surface area (Å²) < 4.78 is 5.29. The lowest BCUT2D eigenvalue weighted by Crippen LogP contribution is -2.51. The van der Waals surface area contributed by atoms with E-state index in [1.165, 1.54) is 6.92 Å². The lowest BCUT2D eigenvalue weighted by atomic mass is 10.1. The van der Waals surface area contributed by atoms with Gasteiger partial charge in [-0.15, -0.1) is 0 Å². The van der Waals surface area contributed by atoms with Crippen LogP contribution in [0.3, 0.4) is 0 Å². The van der Waals surface area contributed by atoms with Crippen LogP contribution in [0.25, 0.3) is 0 Å². The van der Waals surface area contributed by atoms with Crippen LogP contribution in [0.15, 0.2) is 5.10 Å². The van der Waals surface area contributed by atoms with Crippen LogP contribution < -0.4 is 10.7 Å². The zero-order chi connectivity index (χ0) is 15.4. The second-order valence-corrected chi connectivity index (χ2v) is 5.47. The van der Waals surface area contributed by atoms with Gasteiger partial charge >= 0.3 is 6.09 Å². The van der Waals surface area contributed by atoms with E-state index >= 15 is 0 Å². The number of amides is 2. The zero-order valence-electron chi connectivity index (χ0n) is 12.7. The maximum absolute atomic E-state index is 12.0. The van der Waals surface area contributed by atoms with E-state index in [1.807, 2.05) is 6.92 Å². The third kappa shape index (κ3) is 3.77. The molecule has 0 aromatic carbocycles. The maximum Gasteiger partial charge on any atom is 0.410 e. The molecule has 2 rings (SSSR count). The molecule has 2 N–H and O–H groups in total. The molecule has 0 spiro atoms. The molecule has 0 radical (unpaired) electrons. The topological polar surface area (TPSA) is 86.3 Å². The molecule has 0 bridgehead atoms. The van der Waals surface area contributed by atoms with E-state index in [-0.39, 0.29) is 30.2 Å². The lowest BCUT2D eigenvalue weighted by molar-refractivity contribution is -0.119. The van der Waals surface area contributed by atoms with Gasteiger partial charge in [0.05, 0.1) is 25.7 Å². The summed E-state index contributed by atoms with van der Waals surface area (Å²) >= 11 is 0. The molecule has 3 atom stereocenters. The fraction of sp³-hybridized carbons (Fsp3) is 0.769. The first-order chi connectivity index (χ1) is 9.99. The number of ether oxygens (including phenoxy) is 1. The molecule has 21 heavy (non-hydrogen) atoms. The summed E-state index contributed by atoms with van der Waals surface area (Å²) in [5.74, 6) is -0.122. The number of hydrogen-bond donors (Lipinski definition) is 2. The van der Waals surface area contributed by atoms with Crippen molar-refractivity contribution in [2.45, 2.75) is 39.0 Å². The van der Waals surface area contributed by atoms with Gasteiger partial charge in [0.25, 0.3) is 0 Å². The molecular weight excluding hydrogens is 274 g/mol. The van der Waals surface area contributed by atoms with Gasteiger partial charge in [0.15, 0.2) is 0 Å². The van der Waals surface area contributed by atoms with Crippen molar-refractivity contribution in [1.29, 1.82) is 0 Å². The van der Waals surface area contributed by atoms with E-state index in [0.29, 0.717) is 13.1 Å². The molecule has 0 saturated carbocycles. The molecule has 1 fully saturated rings. The highest BCUT2D eigenvalue weighted by atomic mass is 16.6. The van der Waals surface area contributed by atoms with Crippen molar-refractivity contribution in [2.24, 2.45) is 5.10 Å². The summed E-state index contributed by atoms with van der Waals surface area (Å²) in [5.41, 5.74) is 2.90. The fourth-order valence-corrected chi connectivity index (χ4v) is 2.50. The van der Waals surface area contributed by atoms with Crippen LogP contribution in [-0.2, 0) is 9.53 Å². The number of hydrogen-bond acceptors (Lipinski definition) is 6. The van der Waals surface area contributed by atoms with Crippen LogP contribution in [0.2, 0.25) is 0 Å². The SMILES string of the molecule is CC(=O)NC[C@H]1CN(C(C)[C@@H](C)N2C=NNCC2)C(=O)O1.